The molecule has 20 heavy (non-hydrogen) atoms. The van der Waals surface area contributed by atoms with Crippen LogP contribution in [-0.4, -0.2) is 51.2 Å². The van der Waals surface area contributed by atoms with Crippen LogP contribution in [0.2, 0.25) is 0 Å². The summed E-state index contributed by atoms with van der Waals surface area (Å²) in [6.45, 7) is 2.10. The van der Waals surface area contributed by atoms with E-state index in [0.29, 0.717) is 13.2 Å². The third kappa shape index (κ3) is 3.37. The molecular weight excluding hydrogens is 284 g/mol. The molecule has 112 valence electrons. The summed E-state index contributed by atoms with van der Waals surface area (Å²) in [7, 11) is -2.12. The van der Waals surface area contributed by atoms with Crippen molar-refractivity contribution in [3.05, 3.63) is 18.0 Å². The van der Waals surface area contributed by atoms with Crippen molar-refractivity contribution in [3.63, 3.8) is 0 Å². The Hall–Kier alpha value is -1.42. The smallest absolute Gasteiger partial charge is 0.265 e. The number of aryl methyl sites for hydroxylation is 1. The van der Waals surface area contributed by atoms with Crippen LogP contribution < -0.4 is 15.8 Å². The van der Waals surface area contributed by atoms with Crippen LogP contribution in [0.25, 0.3) is 0 Å². The normalized spacial score (nSPS) is 19.9. The molecule has 0 radical (unpaired) electrons. The average molecular weight is 302 g/mol. The SMILES string of the molecule is Cn1cc(S(=O)(=O)NCC2CNCCO2)cc1C(N)=O. The Morgan fingerprint density at radius 1 is 1.65 bits per heavy atom. The van der Waals surface area contributed by atoms with Crippen molar-refractivity contribution >= 4 is 15.9 Å². The van der Waals surface area contributed by atoms with E-state index in [2.05, 4.69) is 10.0 Å². The molecule has 1 aliphatic heterocycles. The first-order valence-corrected chi connectivity index (χ1v) is 7.66. The quantitative estimate of drug-likeness (QED) is 0.605. The molecule has 4 N–H and O–H groups in total. The van der Waals surface area contributed by atoms with Gasteiger partial charge in [-0.25, -0.2) is 13.1 Å². The summed E-state index contributed by atoms with van der Waals surface area (Å²) in [6, 6.07) is 1.25. The molecule has 1 aliphatic rings. The number of rotatable bonds is 5. The fourth-order valence-electron chi connectivity index (χ4n) is 1.96. The lowest BCUT2D eigenvalue weighted by Gasteiger charge is -2.23. The van der Waals surface area contributed by atoms with Gasteiger partial charge in [-0.3, -0.25) is 4.79 Å². The zero-order chi connectivity index (χ0) is 14.8. The molecule has 2 rings (SSSR count). The molecule has 1 fully saturated rings. The number of hydrogen-bond donors (Lipinski definition) is 3. The number of nitrogens with one attached hydrogen (secondary N) is 2. The molecular formula is C11H18N4O4S. The third-order valence-corrected chi connectivity index (χ3v) is 4.44. The summed E-state index contributed by atoms with van der Waals surface area (Å²) in [5, 5.41) is 3.11. The number of nitrogens with two attached hydrogens (primary N) is 1. The molecule has 1 unspecified atom stereocenters. The predicted molar refractivity (Wildman–Crippen MR) is 71.7 cm³/mol. The Morgan fingerprint density at radius 3 is 2.95 bits per heavy atom. The van der Waals surface area contributed by atoms with Gasteiger partial charge in [-0.2, -0.15) is 0 Å². The van der Waals surface area contributed by atoms with Gasteiger partial charge in [-0.1, -0.05) is 0 Å². The van der Waals surface area contributed by atoms with E-state index in [1.54, 1.807) is 7.05 Å². The van der Waals surface area contributed by atoms with E-state index in [4.69, 9.17) is 10.5 Å². The van der Waals surface area contributed by atoms with E-state index < -0.39 is 15.9 Å². The fraction of sp³-hybridized carbons (Fsp3) is 0.545. The van der Waals surface area contributed by atoms with Crippen molar-refractivity contribution in [2.75, 3.05) is 26.2 Å². The number of amides is 1. The minimum Gasteiger partial charge on any atom is -0.374 e. The maximum absolute atomic E-state index is 12.1. The summed E-state index contributed by atoms with van der Waals surface area (Å²) < 4.78 is 33.5. The Labute approximate surface area is 117 Å². The molecule has 1 atom stereocenters. The molecule has 0 aromatic carbocycles. The van der Waals surface area contributed by atoms with Crippen LogP contribution in [0.5, 0.6) is 0 Å². The predicted octanol–water partition coefficient (Wildman–Crippen LogP) is -1.61. The first kappa shape index (κ1) is 15.0. The Kier molecular flexibility index (Phi) is 4.43. The topological polar surface area (TPSA) is 115 Å². The van der Waals surface area contributed by atoms with E-state index >= 15 is 0 Å². The molecule has 1 aromatic rings. The largest absolute Gasteiger partial charge is 0.374 e. The Bertz CT molecular complexity index is 590. The van der Waals surface area contributed by atoms with Gasteiger partial charge in [-0.15, -0.1) is 0 Å². The number of sulfonamides is 1. The number of carbonyl (C=O) groups excluding carboxylic acids is 1. The summed E-state index contributed by atoms with van der Waals surface area (Å²) in [4.78, 5) is 11.1. The lowest BCUT2D eigenvalue weighted by atomic mass is 10.3. The maximum Gasteiger partial charge on any atom is 0.265 e. The van der Waals surface area contributed by atoms with Crippen molar-refractivity contribution in [1.82, 2.24) is 14.6 Å². The van der Waals surface area contributed by atoms with Gasteiger partial charge in [0.15, 0.2) is 0 Å². The second-order valence-corrected chi connectivity index (χ2v) is 6.35. The monoisotopic (exact) mass is 302 g/mol. The van der Waals surface area contributed by atoms with Gasteiger partial charge in [0, 0.05) is 32.9 Å². The second kappa shape index (κ2) is 5.92. The molecule has 1 aromatic heterocycles. The van der Waals surface area contributed by atoms with Crippen LogP contribution in [0.4, 0.5) is 0 Å². The van der Waals surface area contributed by atoms with Crippen LogP contribution in [0.15, 0.2) is 17.2 Å². The lowest BCUT2D eigenvalue weighted by molar-refractivity contribution is 0.0324. The number of primary amides is 1. The van der Waals surface area contributed by atoms with Gasteiger partial charge in [0.25, 0.3) is 5.91 Å². The van der Waals surface area contributed by atoms with E-state index in [9.17, 15) is 13.2 Å². The van der Waals surface area contributed by atoms with E-state index in [1.165, 1.54) is 16.8 Å². The standard InChI is InChI=1S/C11H18N4O4S/c1-15-7-9(4-10(15)11(12)16)20(17,18)14-6-8-5-13-2-3-19-8/h4,7-8,13-14H,2-3,5-6H2,1H3,(H2,12,16). The van der Waals surface area contributed by atoms with Crippen LogP contribution in [0.1, 0.15) is 10.5 Å². The minimum absolute atomic E-state index is 0.0116. The molecule has 8 nitrogen and oxygen atoms in total. The van der Waals surface area contributed by atoms with E-state index in [0.717, 1.165) is 6.54 Å². The summed E-state index contributed by atoms with van der Waals surface area (Å²) in [5.74, 6) is -0.672. The van der Waals surface area contributed by atoms with Gasteiger partial charge in [0.1, 0.15) is 10.6 Å². The number of ether oxygens (including phenoxy) is 1. The van der Waals surface area contributed by atoms with Crippen LogP contribution in [0, 0.1) is 0 Å². The van der Waals surface area contributed by atoms with E-state index in [-0.39, 0.29) is 23.2 Å². The highest BCUT2D eigenvalue weighted by Gasteiger charge is 2.22. The van der Waals surface area contributed by atoms with Gasteiger partial charge >= 0.3 is 0 Å². The zero-order valence-electron chi connectivity index (χ0n) is 11.1. The fourth-order valence-corrected chi connectivity index (χ4v) is 3.10. The van der Waals surface area contributed by atoms with E-state index in [1.807, 2.05) is 0 Å². The van der Waals surface area contributed by atoms with Crippen LogP contribution >= 0.6 is 0 Å². The maximum atomic E-state index is 12.1. The highest BCUT2D eigenvalue weighted by molar-refractivity contribution is 7.89. The molecule has 0 bridgehead atoms. The molecule has 1 saturated heterocycles. The van der Waals surface area contributed by atoms with Crippen molar-refractivity contribution in [2.24, 2.45) is 12.8 Å². The van der Waals surface area contributed by atoms with Crippen molar-refractivity contribution in [3.8, 4) is 0 Å². The summed E-state index contributed by atoms with van der Waals surface area (Å²) in [5.41, 5.74) is 5.30. The first-order chi connectivity index (χ1) is 9.40. The lowest BCUT2D eigenvalue weighted by Crippen LogP contribution is -2.45. The molecule has 0 aliphatic carbocycles. The Balaban J connectivity index is 2.06. The van der Waals surface area contributed by atoms with Crippen LogP contribution in [-0.2, 0) is 21.8 Å². The average Bonchev–Trinajstić information content (AvgIpc) is 2.81. The number of nitrogens with zero attached hydrogens (tertiary/aromatic N) is 1. The minimum atomic E-state index is -3.68. The zero-order valence-corrected chi connectivity index (χ0v) is 11.9. The second-order valence-electron chi connectivity index (χ2n) is 4.59. The molecule has 0 saturated carbocycles. The van der Waals surface area contributed by atoms with Crippen LogP contribution in [0.3, 0.4) is 0 Å². The van der Waals surface area contributed by atoms with Gasteiger partial charge in [0.2, 0.25) is 10.0 Å². The van der Waals surface area contributed by atoms with Gasteiger partial charge in [-0.05, 0) is 6.07 Å². The number of aromatic nitrogens is 1. The van der Waals surface area contributed by atoms with Gasteiger partial charge < -0.3 is 20.4 Å². The highest BCUT2D eigenvalue weighted by Crippen LogP contribution is 2.13. The van der Waals surface area contributed by atoms with Crippen molar-refractivity contribution < 1.29 is 17.9 Å². The van der Waals surface area contributed by atoms with Crippen molar-refractivity contribution in [1.29, 1.82) is 0 Å². The van der Waals surface area contributed by atoms with Crippen molar-refractivity contribution in [2.45, 2.75) is 11.0 Å². The number of carbonyl (C=O) groups is 1. The molecule has 0 spiro atoms. The summed E-state index contributed by atoms with van der Waals surface area (Å²) >= 11 is 0. The Morgan fingerprint density at radius 2 is 2.40 bits per heavy atom. The first-order valence-electron chi connectivity index (χ1n) is 6.18. The molecule has 9 heteroatoms. The highest BCUT2D eigenvalue weighted by atomic mass is 32.2. The van der Waals surface area contributed by atoms with Gasteiger partial charge in [0.05, 0.1) is 12.7 Å². The molecule has 1 amide bonds. The molecule has 2 heterocycles. The summed E-state index contributed by atoms with van der Waals surface area (Å²) in [6.07, 6.45) is 1.15. The number of hydrogen-bond acceptors (Lipinski definition) is 5. The number of morpholine rings is 1. The third-order valence-electron chi connectivity index (χ3n) is 3.05.